The van der Waals surface area contributed by atoms with E-state index in [0.29, 0.717) is 11.3 Å². The standard InChI is InChI=1S/C22H22N4O5S/c1-25(2)17-8-10-18(11-9-17)32(30,31)26-14-13-16(15-26)7-12-21(27)23-19-5-3-4-6-20(19)24-22(28)29/h3-15,24H,1-2H3,(H,23,27)(H,28,29). The largest absolute Gasteiger partial charge is 0.465 e. The van der Waals surface area contributed by atoms with E-state index in [0.717, 1.165) is 9.66 Å². The molecule has 0 aliphatic heterocycles. The first-order valence-electron chi connectivity index (χ1n) is 9.46. The molecule has 9 nitrogen and oxygen atoms in total. The van der Waals surface area contributed by atoms with Gasteiger partial charge >= 0.3 is 6.09 Å². The summed E-state index contributed by atoms with van der Waals surface area (Å²) in [4.78, 5) is 25.1. The highest BCUT2D eigenvalue weighted by Gasteiger charge is 2.16. The Kier molecular flexibility index (Phi) is 6.64. The van der Waals surface area contributed by atoms with E-state index in [2.05, 4.69) is 10.6 Å². The van der Waals surface area contributed by atoms with Crippen molar-refractivity contribution < 1.29 is 23.1 Å². The van der Waals surface area contributed by atoms with Gasteiger partial charge in [0.25, 0.3) is 10.0 Å². The maximum Gasteiger partial charge on any atom is 0.409 e. The fourth-order valence-corrected chi connectivity index (χ4v) is 4.05. The number of hydrogen-bond acceptors (Lipinski definition) is 5. The summed E-state index contributed by atoms with van der Waals surface area (Å²) in [5.74, 6) is -0.500. The van der Waals surface area contributed by atoms with Crippen LogP contribution < -0.4 is 15.5 Å². The third kappa shape index (κ3) is 5.35. The number of carbonyl (C=O) groups is 2. The second-order valence-corrected chi connectivity index (χ2v) is 8.81. The highest BCUT2D eigenvalue weighted by molar-refractivity contribution is 7.90. The average molecular weight is 455 g/mol. The highest BCUT2D eigenvalue weighted by atomic mass is 32.2. The minimum Gasteiger partial charge on any atom is -0.465 e. The Labute approximate surface area is 185 Å². The molecule has 3 rings (SSSR count). The van der Waals surface area contributed by atoms with Crippen LogP contribution in [0.2, 0.25) is 0 Å². The van der Waals surface area contributed by atoms with Crippen LogP contribution in [0.15, 0.2) is 78.0 Å². The molecular formula is C22H22N4O5S. The molecule has 10 heteroatoms. The summed E-state index contributed by atoms with van der Waals surface area (Å²) >= 11 is 0. The van der Waals surface area contributed by atoms with Gasteiger partial charge in [0.2, 0.25) is 5.91 Å². The number of nitrogens with one attached hydrogen (secondary N) is 2. The Morgan fingerprint density at radius 3 is 2.19 bits per heavy atom. The fourth-order valence-electron chi connectivity index (χ4n) is 2.84. The molecule has 0 fully saturated rings. The molecule has 0 unspecified atom stereocenters. The summed E-state index contributed by atoms with van der Waals surface area (Å²) < 4.78 is 26.7. The summed E-state index contributed by atoms with van der Waals surface area (Å²) in [5, 5.41) is 13.7. The first kappa shape index (κ1) is 22.6. The molecule has 32 heavy (non-hydrogen) atoms. The zero-order valence-electron chi connectivity index (χ0n) is 17.4. The summed E-state index contributed by atoms with van der Waals surface area (Å²) in [5.41, 5.74) is 1.92. The normalized spacial score (nSPS) is 11.3. The maximum atomic E-state index is 12.8. The van der Waals surface area contributed by atoms with Crippen LogP contribution in [-0.2, 0) is 14.8 Å². The van der Waals surface area contributed by atoms with Crippen molar-refractivity contribution in [2.45, 2.75) is 4.90 Å². The van der Waals surface area contributed by atoms with E-state index in [4.69, 9.17) is 5.11 Å². The molecule has 0 radical (unpaired) electrons. The first-order valence-corrected chi connectivity index (χ1v) is 10.9. The molecule has 1 aromatic heterocycles. The zero-order chi connectivity index (χ0) is 23.3. The molecule has 2 aromatic carbocycles. The van der Waals surface area contributed by atoms with E-state index < -0.39 is 22.0 Å². The monoisotopic (exact) mass is 454 g/mol. The van der Waals surface area contributed by atoms with E-state index in [1.54, 1.807) is 36.4 Å². The van der Waals surface area contributed by atoms with Crippen molar-refractivity contribution in [3.05, 3.63) is 78.6 Å². The third-order valence-corrected chi connectivity index (χ3v) is 6.12. The minimum absolute atomic E-state index is 0.148. The maximum absolute atomic E-state index is 12.8. The molecule has 0 aliphatic rings. The van der Waals surface area contributed by atoms with Crippen LogP contribution in [0, 0.1) is 0 Å². The van der Waals surface area contributed by atoms with Crippen molar-refractivity contribution in [1.82, 2.24) is 3.97 Å². The second kappa shape index (κ2) is 9.40. The number of aromatic nitrogens is 1. The Bertz CT molecular complexity index is 1260. The lowest BCUT2D eigenvalue weighted by Crippen LogP contribution is -2.13. The zero-order valence-corrected chi connectivity index (χ0v) is 18.2. The van der Waals surface area contributed by atoms with Crippen molar-refractivity contribution in [3.63, 3.8) is 0 Å². The predicted molar refractivity (Wildman–Crippen MR) is 124 cm³/mol. The molecular weight excluding hydrogens is 432 g/mol. The average Bonchev–Trinajstić information content (AvgIpc) is 3.23. The van der Waals surface area contributed by atoms with Crippen molar-refractivity contribution in [1.29, 1.82) is 0 Å². The fraction of sp³-hybridized carbons (Fsp3) is 0.0909. The van der Waals surface area contributed by atoms with Gasteiger partial charge < -0.3 is 15.3 Å². The lowest BCUT2D eigenvalue weighted by molar-refractivity contribution is -0.111. The smallest absolute Gasteiger partial charge is 0.409 e. The Hall–Kier alpha value is -4.05. The molecule has 1 heterocycles. The van der Waals surface area contributed by atoms with Gasteiger partial charge in [0, 0.05) is 38.3 Å². The van der Waals surface area contributed by atoms with Gasteiger partial charge in [0.15, 0.2) is 0 Å². The van der Waals surface area contributed by atoms with E-state index >= 15 is 0 Å². The molecule has 0 atom stereocenters. The molecule has 0 saturated heterocycles. The lowest BCUT2D eigenvalue weighted by Gasteiger charge is -2.13. The number of benzene rings is 2. The highest BCUT2D eigenvalue weighted by Crippen LogP contribution is 2.22. The quantitative estimate of drug-likeness (QED) is 0.470. The van der Waals surface area contributed by atoms with Crippen LogP contribution in [0.1, 0.15) is 5.56 Å². The van der Waals surface area contributed by atoms with Crippen LogP contribution in [0.3, 0.4) is 0 Å². The molecule has 0 spiro atoms. The molecule has 0 saturated carbocycles. The van der Waals surface area contributed by atoms with Gasteiger partial charge in [-0.15, -0.1) is 0 Å². The van der Waals surface area contributed by atoms with E-state index in [9.17, 15) is 18.0 Å². The Morgan fingerprint density at radius 2 is 1.59 bits per heavy atom. The van der Waals surface area contributed by atoms with Crippen molar-refractivity contribution in [2.24, 2.45) is 0 Å². The van der Waals surface area contributed by atoms with Gasteiger partial charge in [-0.1, -0.05) is 12.1 Å². The van der Waals surface area contributed by atoms with Gasteiger partial charge in [0.1, 0.15) is 0 Å². The first-order chi connectivity index (χ1) is 15.2. The van der Waals surface area contributed by atoms with Crippen LogP contribution in [0.4, 0.5) is 21.9 Å². The summed E-state index contributed by atoms with van der Waals surface area (Å²) in [7, 11) is -0.0319. The summed E-state index contributed by atoms with van der Waals surface area (Å²) in [6.07, 6.45) is 4.25. The number of carbonyl (C=O) groups excluding carboxylic acids is 1. The van der Waals surface area contributed by atoms with Gasteiger partial charge in [0.05, 0.1) is 16.3 Å². The topological polar surface area (TPSA) is 121 Å². The van der Waals surface area contributed by atoms with Gasteiger partial charge in [-0.25, -0.2) is 17.2 Å². The number of para-hydroxylation sites is 2. The van der Waals surface area contributed by atoms with Crippen LogP contribution in [0.5, 0.6) is 0 Å². The van der Waals surface area contributed by atoms with E-state index in [1.165, 1.54) is 42.7 Å². The molecule has 2 amide bonds. The van der Waals surface area contributed by atoms with Crippen LogP contribution in [0.25, 0.3) is 6.08 Å². The van der Waals surface area contributed by atoms with E-state index in [-0.39, 0.29) is 10.6 Å². The van der Waals surface area contributed by atoms with Gasteiger partial charge in [-0.05, 0) is 54.1 Å². The van der Waals surface area contributed by atoms with Gasteiger partial charge in [-0.2, -0.15) is 0 Å². The van der Waals surface area contributed by atoms with Crippen molar-refractivity contribution >= 4 is 45.2 Å². The van der Waals surface area contributed by atoms with Crippen molar-refractivity contribution in [3.8, 4) is 0 Å². The van der Waals surface area contributed by atoms with Crippen molar-refractivity contribution in [2.75, 3.05) is 29.6 Å². The minimum atomic E-state index is -3.77. The number of carboxylic acid groups (broad SMARTS) is 1. The Balaban J connectivity index is 1.72. The Morgan fingerprint density at radius 1 is 0.969 bits per heavy atom. The number of nitrogens with zero attached hydrogens (tertiary/aromatic N) is 2. The molecule has 3 N–H and O–H groups in total. The number of hydrogen-bond donors (Lipinski definition) is 3. The molecule has 166 valence electrons. The van der Waals surface area contributed by atoms with Gasteiger partial charge in [-0.3, -0.25) is 10.1 Å². The second-order valence-electron chi connectivity index (χ2n) is 6.97. The molecule has 0 aliphatic carbocycles. The number of anilines is 3. The molecule has 3 aromatic rings. The lowest BCUT2D eigenvalue weighted by atomic mass is 10.2. The number of amides is 2. The number of rotatable bonds is 7. The molecule has 0 bridgehead atoms. The third-order valence-electron chi connectivity index (χ3n) is 4.47. The SMILES string of the molecule is CN(C)c1ccc(S(=O)(=O)n2ccc(C=CC(=O)Nc3ccccc3NC(=O)O)c2)cc1. The van der Waals surface area contributed by atoms with E-state index in [1.807, 2.05) is 19.0 Å². The van der Waals surface area contributed by atoms with Crippen LogP contribution >= 0.6 is 0 Å². The summed E-state index contributed by atoms with van der Waals surface area (Å²) in [6.45, 7) is 0. The van der Waals surface area contributed by atoms with Crippen LogP contribution in [-0.4, -0.2) is 43.6 Å². The summed E-state index contributed by atoms with van der Waals surface area (Å²) in [6, 6.07) is 14.4. The predicted octanol–water partition coefficient (Wildman–Crippen LogP) is 3.53.